The van der Waals surface area contributed by atoms with E-state index in [1.165, 1.54) is 17.7 Å². The molecule has 0 atom stereocenters. The zero-order valence-corrected chi connectivity index (χ0v) is 10.0. The largest absolute Gasteiger partial charge is 0.389 e. The minimum absolute atomic E-state index is 0.185. The van der Waals surface area contributed by atoms with Crippen LogP contribution in [0.3, 0.4) is 0 Å². The van der Waals surface area contributed by atoms with Gasteiger partial charge in [-0.1, -0.05) is 12.1 Å². The van der Waals surface area contributed by atoms with Gasteiger partial charge in [0.1, 0.15) is 5.82 Å². The van der Waals surface area contributed by atoms with E-state index in [1.807, 2.05) is 12.1 Å². The van der Waals surface area contributed by atoms with Crippen molar-refractivity contribution in [1.82, 2.24) is 0 Å². The van der Waals surface area contributed by atoms with Crippen molar-refractivity contribution in [3.05, 3.63) is 35.6 Å². The van der Waals surface area contributed by atoms with Crippen LogP contribution in [-0.2, 0) is 6.42 Å². The Morgan fingerprint density at radius 1 is 1.24 bits per heavy atom. The summed E-state index contributed by atoms with van der Waals surface area (Å²) < 4.78 is 12.8. The molecule has 0 heterocycles. The van der Waals surface area contributed by atoms with E-state index in [0.29, 0.717) is 12.5 Å². The van der Waals surface area contributed by atoms with Crippen molar-refractivity contribution < 1.29 is 9.50 Å². The number of hydrogen-bond acceptors (Lipinski definition) is 2. The third-order valence-corrected chi connectivity index (χ3v) is 3.85. The molecule has 94 valence electrons. The molecule has 1 fully saturated rings. The number of halogens is 1. The summed E-state index contributed by atoms with van der Waals surface area (Å²) in [5, 5.41) is 10.0. The van der Waals surface area contributed by atoms with Gasteiger partial charge in [-0.25, -0.2) is 4.39 Å². The molecule has 1 aliphatic carbocycles. The summed E-state index contributed by atoms with van der Waals surface area (Å²) in [4.78, 5) is 0. The van der Waals surface area contributed by atoms with Crippen LogP contribution >= 0.6 is 0 Å². The highest BCUT2D eigenvalue weighted by atomic mass is 19.1. The number of aliphatic hydroxyl groups is 1. The molecular weight excluding hydrogens is 217 g/mol. The molecule has 0 unspecified atom stereocenters. The lowest BCUT2D eigenvalue weighted by atomic mass is 9.77. The van der Waals surface area contributed by atoms with Crippen molar-refractivity contribution in [1.29, 1.82) is 0 Å². The molecule has 0 spiro atoms. The van der Waals surface area contributed by atoms with Crippen LogP contribution in [-0.4, -0.2) is 17.3 Å². The van der Waals surface area contributed by atoms with E-state index in [2.05, 4.69) is 0 Å². The van der Waals surface area contributed by atoms with E-state index in [9.17, 15) is 9.50 Å². The predicted molar refractivity (Wildman–Crippen MR) is 66.1 cm³/mol. The summed E-state index contributed by atoms with van der Waals surface area (Å²) in [6.45, 7) is 0.357. The number of benzene rings is 1. The van der Waals surface area contributed by atoms with Crippen LogP contribution in [0.15, 0.2) is 24.3 Å². The molecule has 3 heteroatoms. The Bertz CT molecular complexity index is 355. The molecule has 3 N–H and O–H groups in total. The average Bonchev–Trinajstić information content (AvgIpc) is 2.35. The summed E-state index contributed by atoms with van der Waals surface area (Å²) in [5.74, 6) is 0.405. The lowest BCUT2D eigenvalue weighted by molar-refractivity contribution is -0.000913. The van der Waals surface area contributed by atoms with E-state index in [0.717, 1.165) is 32.1 Å². The maximum absolute atomic E-state index is 12.8. The second kappa shape index (κ2) is 5.15. The minimum Gasteiger partial charge on any atom is -0.389 e. The molecule has 0 radical (unpaired) electrons. The lowest BCUT2D eigenvalue weighted by Gasteiger charge is -2.35. The molecule has 17 heavy (non-hydrogen) atoms. The fourth-order valence-corrected chi connectivity index (χ4v) is 2.58. The van der Waals surface area contributed by atoms with Gasteiger partial charge in [0.15, 0.2) is 0 Å². The van der Waals surface area contributed by atoms with Crippen LogP contribution in [0.1, 0.15) is 31.2 Å². The summed E-state index contributed by atoms with van der Waals surface area (Å²) in [7, 11) is 0. The Morgan fingerprint density at radius 2 is 1.82 bits per heavy atom. The Hall–Kier alpha value is -0.930. The Labute approximate surface area is 102 Å². The number of nitrogens with two attached hydrogens (primary N) is 1. The van der Waals surface area contributed by atoms with Crippen molar-refractivity contribution >= 4 is 0 Å². The van der Waals surface area contributed by atoms with Crippen molar-refractivity contribution in [3.63, 3.8) is 0 Å². The lowest BCUT2D eigenvalue weighted by Crippen LogP contribution is -2.41. The van der Waals surface area contributed by atoms with Crippen molar-refractivity contribution in [2.45, 2.75) is 37.7 Å². The molecule has 1 saturated carbocycles. The summed E-state index contributed by atoms with van der Waals surface area (Å²) >= 11 is 0. The number of rotatable bonds is 3. The monoisotopic (exact) mass is 237 g/mol. The summed E-state index contributed by atoms with van der Waals surface area (Å²) in [6.07, 6.45) is 4.56. The topological polar surface area (TPSA) is 46.2 Å². The van der Waals surface area contributed by atoms with Gasteiger partial charge in [0, 0.05) is 6.54 Å². The summed E-state index contributed by atoms with van der Waals surface area (Å²) in [6, 6.07) is 6.71. The van der Waals surface area contributed by atoms with Gasteiger partial charge in [-0.2, -0.15) is 0 Å². The van der Waals surface area contributed by atoms with Crippen LogP contribution in [0.25, 0.3) is 0 Å². The van der Waals surface area contributed by atoms with Crippen molar-refractivity contribution in [2.75, 3.05) is 6.54 Å². The normalized spacial score (nSPS) is 29.2. The highest BCUT2D eigenvalue weighted by Gasteiger charge is 2.31. The molecule has 2 nitrogen and oxygen atoms in total. The maximum Gasteiger partial charge on any atom is 0.123 e. The third-order valence-electron chi connectivity index (χ3n) is 3.85. The Balaban J connectivity index is 1.88. The molecule has 0 bridgehead atoms. The van der Waals surface area contributed by atoms with Gasteiger partial charge in [0.25, 0.3) is 0 Å². The highest BCUT2D eigenvalue weighted by Crippen LogP contribution is 2.33. The van der Waals surface area contributed by atoms with E-state index in [4.69, 9.17) is 5.73 Å². The van der Waals surface area contributed by atoms with Gasteiger partial charge in [-0.05, 0) is 55.7 Å². The standard InChI is InChI=1S/C14H20FNO/c15-13-3-1-11(2-4-13)9-12-5-7-14(17,10-16)8-6-12/h1-4,12,17H,5-10,16H2/t12-,14-. The molecule has 1 aliphatic rings. The van der Waals surface area contributed by atoms with Gasteiger partial charge in [-0.3, -0.25) is 0 Å². The van der Waals surface area contributed by atoms with Gasteiger partial charge in [0.2, 0.25) is 0 Å². The first-order valence-corrected chi connectivity index (χ1v) is 6.28. The van der Waals surface area contributed by atoms with Crippen LogP contribution in [0, 0.1) is 11.7 Å². The number of hydrogen-bond donors (Lipinski definition) is 2. The zero-order valence-electron chi connectivity index (χ0n) is 10.0. The van der Waals surface area contributed by atoms with Crippen LogP contribution < -0.4 is 5.73 Å². The zero-order chi connectivity index (χ0) is 12.3. The first kappa shape index (κ1) is 12.5. The third kappa shape index (κ3) is 3.27. The second-order valence-corrected chi connectivity index (χ2v) is 5.20. The SMILES string of the molecule is NC[C@]1(O)CC[C@H](Cc2ccc(F)cc2)CC1. The molecule has 0 saturated heterocycles. The Morgan fingerprint density at radius 3 is 2.35 bits per heavy atom. The van der Waals surface area contributed by atoms with Crippen molar-refractivity contribution in [3.8, 4) is 0 Å². The maximum atomic E-state index is 12.8. The van der Waals surface area contributed by atoms with Gasteiger partial charge < -0.3 is 10.8 Å². The fourth-order valence-electron chi connectivity index (χ4n) is 2.58. The molecule has 1 aromatic carbocycles. The first-order valence-electron chi connectivity index (χ1n) is 6.28. The molecule has 2 rings (SSSR count). The van der Waals surface area contributed by atoms with Gasteiger partial charge in [0.05, 0.1) is 5.60 Å². The van der Waals surface area contributed by atoms with E-state index in [-0.39, 0.29) is 5.82 Å². The average molecular weight is 237 g/mol. The van der Waals surface area contributed by atoms with Crippen molar-refractivity contribution in [2.24, 2.45) is 11.7 Å². The van der Waals surface area contributed by atoms with E-state index < -0.39 is 5.60 Å². The minimum atomic E-state index is -0.640. The quantitative estimate of drug-likeness (QED) is 0.847. The molecule has 0 aliphatic heterocycles. The molecule has 0 amide bonds. The smallest absolute Gasteiger partial charge is 0.123 e. The predicted octanol–water partition coefficient (Wildman–Crippen LogP) is 2.25. The fraction of sp³-hybridized carbons (Fsp3) is 0.571. The van der Waals surface area contributed by atoms with E-state index >= 15 is 0 Å². The molecule has 0 aromatic heterocycles. The second-order valence-electron chi connectivity index (χ2n) is 5.20. The highest BCUT2D eigenvalue weighted by molar-refractivity contribution is 5.16. The van der Waals surface area contributed by atoms with Gasteiger partial charge in [-0.15, -0.1) is 0 Å². The molecule has 1 aromatic rings. The van der Waals surface area contributed by atoms with Crippen LogP contribution in [0.2, 0.25) is 0 Å². The van der Waals surface area contributed by atoms with Gasteiger partial charge >= 0.3 is 0 Å². The van der Waals surface area contributed by atoms with E-state index in [1.54, 1.807) is 0 Å². The molecular formula is C14H20FNO. The van der Waals surface area contributed by atoms with Crippen LogP contribution in [0.5, 0.6) is 0 Å². The van der Waals surface area contributed by atoms with Crippen LogP contribution in [0.4, 0.5) is 4.39 Å². The first-order chi connectivity index (χ1) is 8.11. The summed E-state index contributed by atoms with van der Waals surface area (Å²) in [5.41, 5.74) is 6.10. The Kier molecular flexibility index (Phi) is 3.79.